The third kappa shape index (κ3) is 6.38. The van der Waals surface area contributed by atoms with Crippen molar-refractivity contribution >= 4 is 27.5 Å². The van der Waals surface area contributed by atoms with Gasteiger partial charge in [0, 0.05) is 16.0 Å². The highest BCUT2D eigenvalue weighted by Crippen LogP contribution is 2.34. The minimum atomic E-state index is 0.445. The molecule has 0 radical (unpaired) electrons. The Kier molecular flexibility index (Phi) is 8.46. The molecule has 0 aliphatic carbocycles. The molecule has 2 N–H and O–H groups in total. The molecule has 0 unspecified atom stereocenters. The van der Waals surface area contributed by atoms with Crippen molar-refractivity contribution in [1.82, 2.24) is 10.6 Å². The van der Waals surface area contributed by atoms with Gasteiger partial charge in [-0.05, 0) is 80.7 Å². The van der Waals surface area contributed by atoms with Crippen LogP contribution < -0.4 is 20.1 Å². The number of ether oxygens (including phenoxy) is 2. The summed E-state index contributed by atoms with van der Waals surface area (Å²) in [5, 5.41) is 7.72. The fourth-order valence-electron chi connectivity index (χ4n) is 3.38. The third-order valence-electron chi connectivity index (χ3n) is 4.90. The van der Waals surface area contributed by atoms with Crippen molar-refractivity contribution in [3.63, 3.8) is 0 Å². The van der Waals surface area contributed by atoms with Crippen molar-refractivity contribution in [2.45, 2.75) is 32.9 Å². The van der Waals surface area contributed by atoms with Gasteiger partial charge in [-0.3, -0.25) is 0 Å². The van der Waals surface area contributed by atoms with E-state index >= 15 is 0 Å². The highest BCUT2D eigenvalue weighted by molar-refractivity contribution is 9.10. The van der Waals surface area contributed by atoms with Crippen molar-refractivity contribution in [2.24, 2.45) is 5.92 Å². The number of hydrogen-bond acceptors (Lipinski definition) is 4. The molecule has 0 amide bonds. The molecule has 0 saturated carbocycles. The van der Waals surface area contributed by atoms with Crippen LogP contribution >= 0.6 is 27.5 Å². The number of halogens is 2. The first-order chi connectivity index (χ1) is 13.7. The summed E-state index contributed by atoms with van der Waals surface area (Å²) in [6, 6.07) is 11.8. The Morgan fingerprint density at radius 3 is 2.68 bits per heavy atom. The van der Waals surface area contributed by atoms with Gasteiger partial charge in [0.1, 0.15) is 6.61 Å². The first kappa shape index (κ1) is 21.4. The summed E-state index contributed by atoms with van der Waals surface area (Å²) in [7, 11) is 0. The zero-order valence-corrected chi connectivity index (χ0v) is 18.6. The second kappa shape index (κ2) is 11.1. The predicted octanol–water partition coefficient (Wildman–Crippen LogP) is 5.17. The number of nitrogens with one attached hydrogen (secondary N) is 2. The Morgan fingerprint density at radius 2 is 1.93 bits per heavy atom. The van der Waals surface area contributed by atoms with Crippen LogP contribution in [0.1, 0.15) is 30.9 Å². The lowest BCUT2D eigenvalue weighted by atomic mass is 9.98. The normalized spacial score (nSPS) is 14.8. The van der Waals surface area contributed by atoms with E-state index in [4.69, 9.17) is 21.1 Å². The second-order valence-electron chi connectivity index (χ2n) is 7.07. The van der Waals surface area contributed by atoms with Crippen LogP contribution in [0.15, 0.2) is 40.9 Å². The van der Waals surface area contributed by atoms with E-state index in [0.717, 1.165) is 53.6 Å². The molecular formula is C22H28BrClN2O2. The van der Waals surface area contributed by atoms with E-state index in [1.165, 1.54) is 18.4 Å². The molecule has 0 aromatic heterocycles. The van der Waals surface area contributed by atoms with Crippen molar-refractivity contribution in [3.05, 3.63) is 57.0 Å². The van der Waals surface area contributed by atoms with Crippen LogP contribution in [0.25, 0.3) is 0 Å². The maximum absolute atomic E-state index is 6.06. The summed E-state index contributed by atoms with van der Waals surface area (Å²) in [4.78, 5) is 0. The summed E-state index contributed by atoms with van der Waals surface area (Å²) >= 11 is 9.75. The van der Waals surface area contributed by atoms with Crippen molar-refractivity contribution in [3.8, 4) is 11.5 Å². The Bertz CT molecular complexity index is 766. The second-order valence-corrected chi connectivity index (χ2v) is 8.36. The first-order valence-electron chi connectivity index (χ1n) is 9.89. The minimum absolute atomic E-state index is 0.445. The van der Waals surface area contributed by atoms with Gasteiger partial charge >= 0.3 is 0 Å². The van der Waals surface area contributed by atoms with Gasteiger partial charge in [0.25, 0.3) is 0 Å². The summed E-state index contributed by atoms with van der Waals surface area (Å²) in [6.45, 7) is 7.13. The Labute approximate surface area is 181 Å². The first-order valence-corrected chi connectivity index (χ1v) is 11.1. The SMILES string of the molecule is CCOc1cc(CNCC2CCNCC2)c(Br)cc1OCc1cccc(Cl)c1. The van der Waals surface area contributed by atoms with Gasteiger partial charge in [-0.2, -0.15) is 0 Å². The van der Waals surface area contributed by atoms with Gasteiger partial charge in [0.2, 0.25) is 0 Å². The van der Waals surface area contributed by atoms with E-state index in [9.17, 15) is 0 Å². The summed E-state index contributed by atoms with van der Waals surface area (Å²) in [6.07, 6.45) is 2.49. The monoisotopic (exact) mass is 466 g/mol. The Balaban J connectivity index is 1.63. The quantitative estimate of drug-likeness (QED) is 0.534. The average molecular weight is 468 g/mol. The molecule has 1 saturated heterocycles. The lowest BCUT2D eigenvalue weighted by Gasteiger charge is -2.23. The molecule has 1 aliphatic rings. The van der Waals surface area contributed by atoms with Crippen LogP contribution in [0.4, 0.5) is 0 Å². The van der Waals surface area contributed by atoms with E-state index in [-0.39, 0.29) is 0 Å². The number of rotatable bonds is 9. The van der Waals surface area contributed by atoms with E-state index < -0.39 is 0 Å². The molecule has 1 heterocycles. The predicted molar refractivity (Wildman–Crippen MR) is 118 cm³/mol. The van der Waals surface area contributed by atoms with Crippen LogP contribution in [-0.4, -0.2) is 26.2 Å². The molecule has 28 heavy (non-hydrogen) atoms. The van der Waals surface area contributed by atoms with Crippen molar-refractivity contribution < 1.29 is 9.47 Å². The smallest absolute Gasteiger partial charge is 0.162 e. The van der Waals surface area contributed by atoms with Crippen LogP contribution in [0.3, 0.4) is 0 Å². The lowest BCUT2D eigenvalue weighted by Crippen LogP contribution is -2.33. The fourth-order valence-corrected chi connectivity index (χ4v) is 4.05. The number of hydrogen-bond donors (Lipinski definition) is 2. The molecule has 0 bridgehead atoms. The van der Waals surface area contributed by atoms with Gasteiger partial charge in [-0.1, -0.05) is 39.7 Å². The topological polar surface area (TPSA) is 42.5 Å². The Hall–Kier alpha value is -1.27. The highest BCUT2D eigenvalue weighted by Gasteiger charge is 2.14. The molecule has 1 aliphatic heterocycles. The molecule has 4 nitrogen and oxygen atoms in total. The maximum Gasteiger partial charge on any atom is 0.162 e. The molecule has 152 valence electrons. The van der Waals surface area contributed by atoms with E-state index in [2.05, 4.69) is 32.6 Å². The fraction of sp³-hybridized carbons (Fsp3) is 0.455. The van der Waals surface area contributed by atoms with E-state index in [0.29, 0.717) is 18.2 Å². The van der Waals surface area contributed by atoms with E-state index in [1.54, 1.807) is 0 Å². The zero-order chi connectivity index (χ0) is 19.8. The van der Waals surface area contributed by atoms with Gasteiger partial charge in [-0.15, -0.1) is 0 Å². The average Bonchev–Trinajstić information content (AvgIpc) is 2.70. The standard InChI is InChI=1S/C22H28BrClN2O2/c1-2-27-21-11-18(14-26-13-16-6-8-25-9-7-16)20(23)12-22(21)28-15-17-4-3-5-19(24)10-17/h3-5,10-12,16,25-26H,2,6-9,13-15H2,1H3. The summed E-state index contributed by atoms with van der Waals surface area (Å²) in [5.41, 5.74) is 2.20. The lowest BCUT2D eigenvalue weighted by molar-refractivity contribution is 0.268. The van der Waals surface area contributed by atoms with Crippen LogP contribution in [0.2, 0.25) is 5.02 Å². The molecule has 2 aromatic carbocycles. The Morgan fingerprint density at radius 1 is 1.14 bits per heavy atom. The number of benzene rings is 2. The molecule has 0 spiro atoms. The third-order valence-corrected chi connectivity index (χ3v) is 5.88. The zero-order valence-electron chi connectivity index (χ0n) is 16.3. The van der Waals surface area contributed by atoms with E-state index in [1.807, 2.05) is 37.3 Å². The summed E-state index contributed by atoms with van der Waals surface area (Å²) < 4.78 is 12.9. The van der Waals surface area contributed by atoms with Crippen LogP contribution in [-0.2, 0) is 13.2 Å². The van der Waals surface area contributed by atoms with Gasteiger partial charge in [0.05, 0.1) is 6.61 Å². The molecule has 0 atom stereocenters. The summed E-state index contributed by atoms with van der Waals surface area (Å²) in [5.74, 6) is 2.26. The van der Waals surface area contributed by atoms with Crippen molar-refractivity contribution in [2.75, 3.05) is 26.2 Å². The molecule has 2 aromatic rings. The van der Waals surface area contributed by atoms with Gasteiger partial charge in [-0.25, -0.2) is 0 Å². The maximum atomic E-state index is 6.06. The van der Waals surface area contributed by atoms with Gasteiger partial charge < -0.3 is 20.1 Å². The minimum Gasteiger partial charge on any atom is -0.490 e. The molecule has 3 rings (SSSR count). The molecular weight excluding hydrogens is 440 g/mol. The van der Waals surface area contributed by atoms with Crippen LogP contribution in [0, 0.1) is 5.92 Å². The van der Waals surface area contributed by atoms with Crippen LogP contribution in [0.5, 0.6) is 11.5 Å². The largest absolute Gasteiger partial charge is 0.490 e. The molecule has 6 heteroatoms. The highest BCUT2D eigenvalue weighted by atomic mass is 79.9. The van der Waals surface area contributed by atoms with Crippen molar-refractivity contribution in [1.29, 1.82) is 0 Å². The number of piperidine rings is 1. The molecule has 1 fully saturated rings. The van der Waals surface area contributed by atoms with Gasteiger partial charge in [0.15, 0.2) is 11.5 Å².